The summed E-state index contributed by atoms with van der Waals surface area (Å²) in [6.45, 7) is 3.34. The van der Waals surface area contributed by atoms with E-state index in [1.54, 1.807) is 4.90 Å². The van der Waals surface area contributed by atoms with Crippen LogP contribution in [0.3, 0.4) is 0 Å². The number of likely N-dealkylation sites (tertiary alicyclic amines) is 1. The second-order valence-corrected chi connectivity index (χ2v) is 15.6. The third kappa shape index (κ3) is 8.97. The van der Waals surface area contributed by atoms with E-state index >= 15 is 0 Å². The zero-order valence-electron chi connectivity index (χ0n) is 30.0. The van der Waals surface area contributed by atoms with Crippen molar-refractivity contribution in [3.63, 3.8) is 0 Å². The maximum absolute atomic E-state index is 13.7. The van der Waals surface area contributed by atoms with Crippen LogP contribution in [0, 0.1) is 32.1 Å². The lowest BCUT2D eigenvalue weighted by Gasteiger charge is -2.46. The number of benzene rings is 2. The lowest BCUT2D eigenvalue weighted by atomic mass is 9.79. The lowest BCUT2D eigenvalue weighted by molar-refractivity contribution is -0.385. The Bertz CT molecular complexity index is 1790. The van der Waals surface area contributed by atoms with E-state index in [1.165, 1.54) is 98.0 Å². The zero-order chi connectivity index (χ0) is 39.3. The molecule has 290 valence electrons. The number of hydroxylamine groups is 2. The topological polar surface area (TPSA) is 212 Å². The molecule has 19 heteroatoms. The minimum atomic E-state index is -0.951. The SMILES string of the molecule is CON(C)C(=O)CCSC[C@@H]1C[C@H](SC2=C(C(=O)OCc3ccc([N+](=O)[O-])cc3)N3C(=O)[C@H]([C@@H](C)O)[C@H]3[C@H]2C)CN1C(=O)OCc1ccc([N+](=O)[O-])cc1. The van der Waals surface area contributed by atoms with Gasteiger partial charge in [-0.25, -0.2) is 14.7 Å². The van der Waals surface area contributed by atoms with Gasteiger partial charge in [-0.2, -0.15) is 11.8 Å². The molecule has 2 fully saturated rings. The molecule has 1 N–H and O–H groups in total. The van der Waals surface area contributed by atoms with E-state index < -0.39 is 45.9 Å². The van der Waals surface area contributed by atoms with Gasteiger partial charge in [-0.3, -0.25) is 34.7 Å². The van der Waals surface area contributed by atoms with Gasteiger partial charge in [0.2, 0.25) is 11.8 Å². The van der Waals surface area contributed by atoms with Gasteiger partial charge in [0.1, 0.15) is 18.9 Å². The van der Waals surface area contributed by atoms with E-state index in [-0.39, 0.29) is 66.4 Å². The fourth-order valence-electron chi connectivity index (χ4n) is 6.70. The molecule has 2 aromatic rings. The molecule has 5 rings (SSSR count). The minimum Gasteiger partial charge on any atom is -0.456 e. The predicted octanol–water partition coefficient (Wildman–Crippen LogP) is 4.27. The van der Waals surface area contributed by atoms with Crippen LogP contribution in [0.4, 0.5) is 16.2 Å². The molecule has 0 unspecified atom stereocenters. The van der Waals surface area contributed by atoms with Gasteiger partial charge in [0, 0.05) is 77.9 Å². The molecule has 0 saturated carbocycles. The molecule has 0 radical (unpaired) electrons. The molecule has 6 atom stereocenters. The molecule has 0 aromatic heterocycles. The quantitative estimate of drug-likeness (QED) is 0.0828. The summed E-state index contributed by atoms with van der Waals surface area (Å²) in [5.41, 5.74) is 0.950. The van der Waals surface area contributed by atoms with Crippen molar-refractivity contribution >= 4 is 58.8 Å². The van der Waals surface area contributed by atoms with Crippen LogP contribution >= 0.6 is 23.5 Å². The van der Waals surface area contributed by atoms with Crippen molar-refractivity contribution < 1.29 is 48.4 Å². The van der Waals surface area contributed by atoms with Crippen molar-refractivity contribution in [1.82, 2.24) is 14.9 Å². The largest absolute Gasteiger partial charge is 0.456 e. The fraction of sp³-hybridized carbons (Fsp3) is 0.486. The molecule has 3 aliphatic heterocycles. The second-order valence-electron chi connectivity index (χ2n) is 13.1. The van der Waals surface area contributed by atoms with E-state index in [2.05, 4.69) is 0 Å². The number of esters is 1. The number of hydrogen-bond donors (Lipinski definition) is 1. The number of aliphatic hydroxyl groups excluding tert-OH is 1. The number of carbonyl (C=O) groups is 4. The van der Waals surface area contributed by atoms with E-state index in [0.29, 0.717) is 34.0 Å². The maximum Gasteiger partial charge on any atom is 0.410 e. The fourth-order valence-corrected chi connectivity index (χ4v) is 9.33. The number of nitrogens with zero attached hydrogens (tertiary/aromatic N) is 5. The number of amides is 3. The summed E-state index contributed by atoms with van der Waals surface area (Å²) in [5.74, 6) is -1.46. The molecular formula is C35H41N5O12S2. The first-order valence-electron chi connectivity index (χ1n) is 17.1. The molecular weight excluding hydrogens is 747 g/mol. The van der Waals surface area contributed by atoms with Crippen LogP contribution < -0.4 is 0 Å². The van der Waals surface area contributed by atoms with Gasteiger partial charge < -0.3 is 24.4 Å². The molecule has 2 aromatic carbocycles. The number of nitro benzene ring substituents is 2. The highest BCUT2D eigenvalue weighted by atomic mass is 32.2. The van der Waals surface area contributed by atoms with Crippen LogP contribution in [0.5, 0.6) is 0 Å². The van der Waals surface area contributed by atoms with Crippen molar-refractivity contribution in [3.8, 4) is 0 Å². The van der Waals surface area contributed by atoms with E-state index in [9.17, 15) is 44.5 Å². The van der Waals surface area contributed by atoms with E-state index in [0.717, 1.165) is 5.06 Å². The van der Waals surface area contributed by atoms with Gasteiger partial charge in [0.25, 0.3) is 11.4 Å². The van der Waals surface area contributed by atoms with Gasteiger partial charge in [-0.05, 0) is 48.7 Å². The van der Waals surface area contributed by atoms with Crippen LogP contribution in [0.25, 0.3) is 0 Å². The molecule has 3 heterocycles. The highest BCUT2D eigenvalue weighted by Crippen LogP contribution is 2.52. The number of rotatable bonds is 16. The van der Waals surface area contributed by atoms with E-state index in [1.807, 2.05) is 6.92 Å². The van der Waals surface area contributed by atoms with Crippen LogP contribution in [0.2, 0.25) is 0 Å². The van der Waals surface area contributed by atoms with Gasteiger partial charge in [-0.1, -0.05) is 6.92 Å². The average molecular weight is 788 g/mol. The summed E-state index contributed by atoms with van der Waals surface area (Å²) in [7, 11) is 2.92. The molecule has 0 bridgehead atoms. The summed E-state index contributed by atoms with van der Waals surface area (Å²) in [6.07, 6.45) is -0.833. The normalized spacial score (nSPS) is 22.4. The number of ether oxygens (including phenoxy) is 2. The molecule has 3 aliphatic rings. The predicted molar refractivity (Wildman–Crippen MR) is 196 cm³/mol. The van der Waals surface area contributed by atoms with Gasteiger partial charge >= 0.3 is 12.1 Å². The Morgan fingerprint density at radius 2 is 1.57 bits per heavy atom. The van der Waals surface area contributed by atoms with Crippen LogP contribution in [-0.2, 0) is 41.9 Å². The molecule has 0 aliphatic carbocycles. The summed E-state index contributed by atoms with van der Waals surface area (Å²) in [4.78, 5) is 82.4. The first-order chi connectivity index (χ1) is 25.7. The standard InChI is InChI=1S/C35H41N5O12S2/c1-20-30-29(21(2)41)33(43)38(30)31(34(44)51-17-22-5-9-24(10-6-22)39(46)47)32(20)54-27-15-26(19-53-14-13-28(42)36(3)50-4)37(16-27)35(45)52-18-23-7-11-25(12-8-23)40(48)49/h5-12,20-21,26-27,29-30,41H,13-19H2,1-4H3/t20-,21-,26+,27+,29-,30-/m1/s1. The number of hydrogen-bond acceptors (Lipinski definition) is 14. The highest BCUT2D eigenvalue weighted by Gasteiger charge is 2.60. The van der Waals surface area contributed by atoms with Gasteiger partial charge in [0.05, 0.1) is 35.0 Å². The smallest absolute Gasteiger partial charge is 0.410 e. The third-order valence-electron chi connectivity index (χ3n) is 9.63. The Morgan fingerprint density at radius 1 is 1.00 bits per heavy atom. The van der Waals surface area contributed by atoms with Gasteiger partial charge in [0.15, 0.2) is 0 Å². The van der Waals surface area contributed by atoms with Crippen molar-refractivity contribution in [2.45, 2.75) is 63.3 Å². The number of carbonyl (C=O) groups excluding carboxylic acids is 4. The van der Waals surface area contributed by atoms with Crippen molar-refractivity contribution in [2.24, 2.45) is 11.8 Å². The number of non-ortho nitro benzene ring substituents is 2. The van der Waals surface area contributed by atoms with Crippen molar-refractivity contribution in [2.75, 3.05) is 32.2 Å². The van der Waals surface area contributed by atoms with Crippen LogP contribution in [0.1, 0.15) is 37.8 Å². The Balaban J connectivity index is 1.33. The van der Waals surface area contributed by atoms with Crippen molar-refractivity contribution in [1.29, 1.82) is 0 Å². The maximum atomic E-state index is 13.7. The monoisotopic (exact) mass is 787 g/mol. The molecule has 2 saturated heterocycles. The van der Waals surface area contributed by atoms with Crippen molar-refractivity contribution in [3.05, 3.63) is 90.5 Å². The summed E-state index contributed by atoms with van der Waals surface area (Å²) < 4.78 is 11.3. The number of thioether (sulfide) groups is 2. The first-order valence-corrected chi connectivity index (χ1v) is 19.1. The Kier molecular flexibility index (Phi) is 13.2. The third-order valence-corrected chi connectivity index (χ3v) is 12.2. The van der Waals surface area contributed by atoms with Gasteiger partial charge in [-0.15, -0.1) is 11.8 Å². The summed E-state index contributed by atoms with van der Waals surface area (Å²) in [6, 6.07) is 10.5. The Hall–Kier alpha value is -4.72. The lowest BCUT2D eigenvalue weighted by Crippen LogP contribution is -2.63. The summed E-state index contributed by atoms with van der Waals surface area (Å²) >= 11 is 2.86. The Morgan fingerprint density at radius 3 is 2.11 bits per heavy atom. The molecule has 0 spiro atoms. The summed E-state index contributed by atoms with van der Waals surface area (Å²) in [5, 5.41) is 33.4. The highest BCUT2D eigenvalue weighted by molar-refractivity contribution is 8.03. The zero-order valence-corrected chi connectivity index (χ0v) is 31.7. The number of aliphatic hydroxyl groups is 1. The minimum absolute atomic E-state index is 0.0761. The van der Waals surface area contributed by atoms with Crippen LogP contribution in [0.15, 0.2) is 59.1 Å². The second kappa shape index (κ2) is 17.6. The number of β-lactam (4-membered cyclic amide) rings is 1. The van der Waals surface area contributed by atoms with Crippen LogP contribution in [-0.4, -0.2) is 109 Å². The molecule has 3 amide bonds. The molecule has 54 heavy (non-hydrogen) atoms. The van der Waals surface area contributed by atoms with E-state index in [4.69, 9.17) is 14.3 Å². The molecule has 17 nitrogen and oxygen atoms in total. The first kappa shape index (κ1) is 40.5. The number of fused-ring (bicyclic) bond motifs is 1. The number of nitro groups is 2. The Labute approximate surface area is 319 Å². The average Bonchev–Trinajstić information content (AvgIpc) is 3.66.